The number of para-hydroxylation sites is 1. The molecule has 0 aromatic heterocycles. The number of hydrogen-bond donors (Lipinski definition) is 2. The summed E-state index contributed by atoms with van der Waals surface area (Å²) in [7, 11) is 2.11. The van der Waals surface area contributed by atoms with Gasteiger partial charge in [0.2, 0.25) is 11.8 Å². The van der Waals surface area contributed by atoms with Gasteiger partial charge in [0.05, 0.1) is 11.8 Å². The summed E-state index contributed by atoms with van der Waals surface area (Å²) in [5, 5.41) is 6.53. The lowest BCUT2D eigenvalue weighted by Gasteiger charge is -2.19. The number of allylic oxidation sites excluding steroid dienone is 2. The molecule has 32 heavy (non-hydrogen) atoms. The predicted molar refractivity (Wildman–Crippen MR) is 127 cm³/mol. The normalized spacial score (nSPS) is 26.1. The van der Waals surface area contributed by atoms with Crippen molar-refractivity contribution in [1.82, 2.24) is 15.5 Å². The molecule has 1 aromatic rings. The Hall–Kier alpha value is -2.83. The molecule has 2 fully saturated rings. The molecule has 172 valence electrons. The van der Waals surface area contributed by atoms with Gasteiger partial charge in [-0.05, 0) is 50.2 Å². The summed E-state index contributed by atoms with van der Waals surface area (Å²) >= 11 is 0. The molecule has 2 bridgehead atoms. The fourth-order valence-electron chi connectivity index (χ4n) is 5.28. The molecule has 3 aliphatic rings. The maximum atomic E-state index is 12.8. The monoisotopic (exact) mass is 437 g/mol. The van der Waals surface area contributed by atoms with E-state index in [9.17, 15) is 9.59 Å². The van der Waals surface area contributed by atoms with Crippen LogP contribution < -0.4 is 15.5 Å². The topological polar surface area (TPSA) is 77.0 Å². The molecule has 2 N–H and O–H groups in total. The maximum Gasteiger partial charge on any atom is 0.233 e. The standard InChI is InChI=1S/C25H35N5O2/c1-3-26-25(27-13-7-8-15-29(2)20-9-5-4-6-10-20)28-14-16-30-23(31)21-18-11-12-19(17-18)22(21)24(30)32/h4-6,9-12,18-19,21-22H,3,7-8,13-17H2,1-2H3,(H2,26,27,28). The zero-order valence-electron chi connectivity index (χ0n) is 19.2. The second-order valence-corrected chi connectivity index (χ2v) is 8.98. The van der Waals surface area contributed by atoms with E-state index in [1.807, 2.05) is 13.0 Å². The second kappa shape index (κ2) is 10.2. The van der Waals surface area contributed by atoms with Gasteiger partial charge in [-0.2, -0.15) is 0 Å². The van der Waals surface area contributed by atoms with Gasteiger partial charge in [-0.3, -0.25) is 19.5 Å². The molecule has 1 aliphatic heterocycles. The quantitative estimate of drug-likeness (QED) is 0.193. The van der Waals surface area contributed by atoms with Crippen LogP contribution in [-0.4, -0.2) is 62.4 Å². The van der Waals surface area contributed by atoms with E-state index in [0.29, 0.717) is 13.1 Å². The van der Waals surface area contributed by atoms with E-state index < -0.39 is 0 Å². The number of hydrogen-bond acceptors (Lipinski definition) is 4. The third-order valence-electron chi connectivity index (χ3n) is 6.90. The molecule has 0 spiro atoms. The van der Waals surface area contributed by atoms with Gasteiger partial charge in [-0.25, -0.2) is 0 Å². The highest BCUT2D eigenvalue weighted by Crippen LogP contribution is 2.52. The van der Waals surface area contributed by atoms with Crippen molar-refractivity contribution in [3.8, 4) is 0 Å². The third kappa shape index (κ3) is 4.66. The van der Waals surface area contributed by atoms with E-state index in [0.717, 1.165) is 44.9 Å². The fourth-order valence-corrected chi connectivity index (χ4v) is 5.28. The number of likely N-dealkylation sites (tertiary alicyclic amines) is 1. The Morgan fingerprint density at radius 3 is 2.41 bits per heavy atom. The molecule has 7 heteroatoms. The Morgan fingerprint density at radius 1 is 1.06 bits per heavy atom. The van der Waals surface area contributed by atoms with Gasteiger partial charge in [0, 0.05) is 45.5 Å². The second-order valence-electron chi connectivity index (χ2n) is 8.98. The Labute approximate surface area is 190 Å². The Kier molecular flexibility index (Phi) is 7.12. The lowest BCUT2D eigenvalue weighted by Crippen LogP contribution is -2.43. The number of unbranched alkanes of at least 4 members (excludes halogenated alkanes) is 1. The fraction of sp³-hybridized carbons (Fsp3) is 0.560. The number of anilines is 1. The van der Waals surface area contributed by atoms with Gasteiger partial charge < -0.3 is 15.5 Å². The highest BCUT2D eigenvalue weighted by atomic mass is 16.2. The van der Waals surface area contributed by atoms with Crippen molar-refractivity contribution in [2.24, 2.45) is 28.7 Å². The van der Waals surface area contributed by atoms with Crippen LogP contribution in [0.25, 0.3) is 0 Å². The minimum atomic E-state index is -0.117. The Morgan fingerprint density at radius 2 is 1.75 bits per heavy atom. The first-order valence-electron chi connectivity index (χ1n) is 11.9. The van der Waals surface area contributed by atoms with Gasteiger partial charge in [0.25, 0.3) is 0 Å². The predicted octanol–water partition coefficient (Wildman–Crippen LogP) is 2.27. The van der Waals surface area contributed by atoms with Gasteiger partial charge in [0.1, 0.15) is 0 Å². The number of nitrogens with zero attached hydrogens (tertiary/aromatic N) is 3. The molecular weight excluding hydrogens is 402 g/mol. The Bertz CT molecular complexity index is 838. The number of aliphatic imine (C=N–C) groups is 1. The van der Waals surface area contributed by atoms with Crippen molar-refractivity contribution < 1.29 is 9.59 Å². The summed E-state index contributed by atoms with van der Waals surface area (Å²) < 4.78 is 0. The molecule has 4 unspecified atom stereocenters. The van der Waals surface area contributed by atoms with Crippen molar-refractivity contribution in [2.45, 2.75) is 26.2 Å². The van der Waals surface area contributed by atoms with Crippen LogP contribution >= 0.6 is 0 Å². The first-order chi connectivity index (χ1) is 15.6. The van der Waals surface area contributed by atoms with Crippen LogP contribution in [-0.2, 0) is 9.59 Å². The number of guanidine groups is 1. The molecule has 1 heterocycles. The van der Waals surface area contributed by atoms with E-state index >= 15 is 0 Å². The van der Waals surface area contributed by atoms with E-state index in [4.69, 9.17) is 0 Å². The number of imide groups is 1. The Balaban J connectivity index is 1.19. The molecule has 2 aliphatic carbocycles. The largest absolute Gasteiger partial charge is 0.375 e. The smallest absolute Gasteiger partial charge is 0.233 e. The molecule has 1 saturated heterocycles. The highest BCUT2D eigenvalue weighted by molar-refractivity contribution is 6.06. The minimum absolute atomic E-state index is 0.0168. The number of carbonyl (C=O) groups is 2. The summed E-state index contributed by atoms with van der Waals surface area (Å²) in [6.07, 6.45) is 7.29. The number of rotatable bonds is 10. The van der Waals surface area contributed by atoms with Crippen molar-refractivity contribution in [2.75, 3.05) is 44.7 Å². The van der Waals surface area contributed by atoms with Gasteiger partial charge in [0.15, 0.2) is 5.96 Å². The molecule has 1 aromatic carbocycles. The van der Waals surface area contributed by atoms with E-state index in [2.05, 4.69) is 64.0 Å². The average molecular weight is 438 g/mol. The van der Waals surface area contributed by atoms with Gasteiger partial charge in [-0.1, -0.05) is 30.4 Å². The number of fused-ring (bicyclic) bond motifs is 5. The summed E-state index contributed by atoms with van der Waals surface area (Å²) in [6.45, 7) is 5.44. The van der Waals surface area contributed by atoms with Crippen LogP contribution in [0.3, 0.4) is 0 Å². The molecule has 2 amide bonds. The van der Waals surface area contributed by atoms with E-state index in [1.54, 1.807) is 0 Å². The molecule has 1 saturated carbocycles. The van der Waals surface area contributed by atoms with Gasteiger partial charge >= 0.3 is 0 Å². The van der Waals surface area contributed by atoms with E-state index in [1.165, 1.54) is 10.6 Å². The summed E-state index contributed by atoms with van der Waals surface area (Å²) in [5.41, 5.74) is 1.23. The lowest BCUT2D eigenvalue weighted by molar-refractivity contribution is -0.140. The zero-order valence-corrected chi connectivity index (χ0v) is 19.2. The third-order valence-corrected chi connectivity index (χ3v) is 6.90. The van der Waals surface area contributed by atoms with Crippen molar-refractivity contribution in [3.63, 3.8) is 0 Å². The minimum Gasteiger partial charge on any atom is -0.375 e. The van der Waals surface area contributed by atoms with E-state index in [-0.39, 0.29) is 35.5 Å². The number of benzene rings is 1. The van der Waals surface area contributed by atoms with Crippen LogP contribution in [0.15, 0.2) is 47.5 Å². The van der Waals surface area contributed by atoms with Gasteiger partial charge in [-0.15, -0.1) is 0 Å². The van der Waals surface area contributed by atoms with Crippen molar-refractivity contribution in [1.29, 1.82) is 0 Å². The average Bonchev–Trinajstić information content (AvgIpc) is 3.49. The zero-order chi connectivity index (χ0) is 22.5. The molecule has 4 rings (SSSR count). The molecule has 4 atom stereocenters. The SMILES string of the molecule is CCNC(=NCCCCN(C)c1ccccc1)NCCN1C(=O)C2C3C=CC(C3)C2C1=O. The van der Waals surface area contributed by atoms with Crippen molar-refractivity contribution in [3.05, 3.63) is 42.5 Å². The van der Waals surface area contributed by atoms with Crippen LogP contribution in [0.4, 0.5) is 5.69 Å². The number of amides is 2. The number of carbonyl (C=O) groups excluding carboxylic acids is 2. The first-order valence-corrected chi connectivity index (χ1v) is 11.9. The lowest BCUT2D eigenvalue weighted by atomic mass is 9.85. The summed E-state index contributed by atoms with van der Waals surface area (Å²) in [4.78, 5) is 33.9. The highest BCUT2D eigenvalue weighted by Gasteiger charge is 2.58. The van der Waals surface area contributed by atoms with Crippen LogP contribution in [0, 0.1) is 23.7 Å². The van der Waals surface area contributed by atoms with Crippen LogP contribution in [0.1, 0.15) is 26.2 Å². The summed E-state index contributed by atoms with van der Waals surface area (Å²) in [6, 6.07) is 10.4. The molecule has 7 nitrogen and oxygen atoms in total. The summed E-state index contributed by atoms with van der Waals surface area (Å²) in [5.74, 6) is 1.07. The van der Waals surface area contributed by atoms with Crippen LogP contribution in [0.5, 0.6) is 0 Å². The number of nitrogens with one attached hydrogen (secondary N) is 2. The van der Waals surface area contributed by atoms with Crippen molar-refractivity contribution >= 4 is 23.5 Å². The maximum absolute atomic E-state index is 12.8. The molecule has 0 radical (unpaired) electrons. The first kappa shape index (κ1) is 22.4. The van der Waals surface area contributed by atoms with Crippen LogP contribution in [0.2, 0.25) is 0 Å². The molecular formula is C25H35N5O2.